The second kappa shape index (κ2) is 5.51. The predicted molar refractivity (Wildman–Crippen MR) is 75.7 cm³/mol. The van der Waals surface area contributed by atoms with E-state index in [1.54, 1.807) is 0 Å². The summed E-state index contributed by atoms with van der Waals surface area (Å²) in [7, 11) is 0. The highest BCUT2D eigenvalue weighted by molar-refractivity contribution is 5.40. The molecule has 19 heavy (non-hydrogen) atoms. The SMILES string of the molecule is Cc1ccc2c(c1)CC(COC1CNCCC1C)O2. The standard InChI is InChI=1S/C16H23NO2/c1-11-3-4-15-13(7-11)8-14(19-15)10-18-16-9-17-6-5-12(16)2/h3-4,7,12,14,16-17H,5-6,8-10H2,1-2H3. The maximum atomic E-state index is 6.05. The summed E-state index contributed by atoms with van der Waals surface area (Å²) in [4.78, 5) is 0. The molecule has 0 aromatic heterocycles. The number of rotatable bonds is 3. The van der Waals surface area contributed by atoms with Gasteiger partial charge in [-0.3, -0.25) is 0 Å². The predicted octanol–water partition coefficient (Wildman–Crippen LogP) is 2.31. The van der Waals surface area contributed by atoms with Gasteiger partial charge in [0.05, 0.1) is 12.7 Å². The molecule has 1 fully saturated rings. The molecule has 0 aliphatic carbocycles. The lowest BCUT2D eigenvalue weighted by atomic mass is 9.97. The van der Waals surface area contributed by atoms with E-state index in [1.807, 2.05) is 0 Å². The third-order valence-corrected chi connectivity index (χ3v) is 4.21. The molecule has 2 aliphatic heterocycles. The molecule has 1 aromatic rings. The molecule has 3 unspecified atom stereocenters. The summed E-state index contributed by atoms with van der Waals surface area (Å²) >= 11 is 0. The van der Waals surface area contributed by atoms with Crippen LogP contribution in [0.15, 0.2) is 18.2 Å². The zero-order valence-corrected chi connectivity index (χ0v) is 11.8. The van der Waals surface area contributed by atoms with Crippen molar-refractivity contribution in [1.29, 1.82) is 0 Å². The van der Waals surface area contributed by atoms with Crippen LogP contribution < -0.4 is 10.1 Å². The molecule has 3 nitrogen and oxygen atoms in total. The fourth-order valence-corrected chi connectivity index (χ4v) is 2.96. The topological polar surface area (TPSA) is 30.5 Å². The number of aryl methyl sites for hydroxylation is 1. The average molecular weight is 261 g/mol. The summed E-state index contributed by atoms with van der Waals surface area (Å²) in [5.41, 5.74) is 2.62. The van der Waals surface area contributed by atoms with E-state index in [0.29, 0.717) is 18.6 Å². The first-order valence-corrected chi connectivity index (χ1v) is 7.31. The summed E-state index contributed by atoms with van der Waals surface area (Å²) < 4.78 is 12.0. The quantitative estimate of drug-likeness (QED) is 0.905. The smallest absolute Gasteiger partial charge is 0.126 e. The minimum atomic E-state index is 0.186. The van der Waals surface area contributed by atoms with Crippen molar-refractivity contribution >= 4 is 0 Å². The van der Waals surface area contributed by atoms with Crippen molar-refractivity contribution in [2.24, 2.45) is 5.92 Å². The van der Waals surface area contributed by atoms with Crippen molar-refractivity contribution in [2.45, 2.75) is 38.9 Å². The largest absolute Gasteiger partial charge is 0.487 e. The zero-order valence-electron chi connectivity index (χ0n) is 11.8. The van der Waals surface area contributed by atoms with Crippen LogP contribution in [0.4, 0.5) is 0 Å². The second-order valence-electron chi connectivity index (χ2n) is 5.90. The fourth-order valence-electron chi connectivity index (χ4n) is 2.96. The van der Waals surface area contributed by atoms with Crippen LogP contribution in [0.1, 0.15) is 24.5 Å². The Morgan fingerprint density at radius 3 is 3.16 bits per heavy atom. The molecule has 0 radical (unpaired) electrons. The number of nitrogens with one attached hydrogen (secondary N) is 1. The lowest BCUT2D eigenvalue weighted by Crippen LogP contribution is -2.42. The van der Waals surface area contributed by atoms with Crippen LogP contribution in [0.3, 0.4) is 0 Å². The van der Waals surface area contributed by atoms with E-state index in [2.05, 4.69) is 37.4 Å². The van der Waals surface area contributed by atoms with Gasteiger partial charge in [-0.15, -0.1) is 0 Å². The van der Waals surface area contributed by atoms with E-state index in [0.717, 1.165) is 25.3 Å². The third-order valence-electron chi connectivity index (χ3n) is 4.21. The van der Waals surface area contributed by atoms with E-state index in [4.69, 9.17) is 9.47 Å². The van der Waals surface area contributed by atoms with Gasteiger partial charge in [0.1, 0.15) is 11.9 Å². The summed E-state index contributed by atoms with van der Waals surface area (Å²) in [6.07, 6.45) is 2.70. The van der Waals surface area contributed by atoms with Crippen LogP contribution in [0.2, 0.25) is 0 Å². The molecule has 0 amide bonds. The van der Waals surface area contributed by atoms with Gasteiger partial charge in [0.25, 0.3) is 0 Å². The highest BCUT2D eigenvalue weighted by Gasteiger charge is 2.26. The normalized spacial score (nSPS) is 29.9. The van der Waals surface area contributed by atoms with Crippen molar-refractivity contribution in [3.63, 3.8) is 0 Å². The minimum Gasteiger partial charge on any atom is -0.487 e. The lowest BCUT2D eigenvalue weighted by molar-refractivity contribution is -0.0279. The van der Waals surface area contributed by atoms with Crippen LogP contribution in [0, 0.1) is 12.8 Å². The Balaban J connectivity index is 1.53. The molecule has 0 bridgehead atoms. The van der Waals surface area contributed by atoms with Gasteiger partial charge < -0.3 is 14.8 Å². The molecule has 1 saturated heterocycles. The molecule has 3 atom stereocenters. The average Bonchev–Trinajstić information content (AvgIpc) is 2.79. The van der Waals surface area contributed by atoms with Crippen molar-refractivity contribution in [3.8, 4) is 5.75 Å². The fraction of sp³-hybridized carbons (Fsp3) is 0.625. The highest BCUT2D eigenvalue weighted by Crippen LogP contribution is 2.30. The summed E-state index contributed by atoms with van der Waals surface area (Å²) in [6, 6.07) is 6.41. The molecule has 1 aromatic carbocycles. The van der Waals surface area contributed by atoms with Gasteiger partial charge >= 0.3 is 0 Å². The maximum Gasteiger partial charge on any atom is 0.126 e. The van der Waals surface area contributed by atoms with Gasteiger partial charge in [0.2, 0.25) is 0 Å². The number of fused-ring (bicyclic) bond motifs is 1. The van der Waals surface area contributed by atoms with Gasteiger partial charge in [0.15, 0.2) is 0 Å². The van der Waals surface area contributed by atoms with Crippen LogP contribution in [0.5, 0.6) is 5.75 Å². The molecule has 3 heteroatoms. The molecular weight excluding hydrogens is 238 g/mol. The minimum absolute atomic E-state index is 0.186. The van der Waals surface area contributed by atoms with E-state index >= 15 is 0 Å². The Bertz CT molecular complexity index is 446. The van der Waals surface area contributed by atoms with Crippen molar-refractivity contribution in [2.75, 3.05) is 19.7 Å². The van der Waals surface area contributed by atoms with Gasteiger partial charge in [-0.2, -0.15) is 0 Å². The Labute approximate surface area is 115 Å². The molecule has 2 aliphatic rings. The van der Waals surface area contributed by atoms with Crippen molar-refractivity contribution < 1.29 is 9.47 Å². The molecular formula is C16H23NO2. The van der Waals surface area contributed by atoms with E-state index < -0.39 is 0 Å². The van der Waals surface area contributed by atoms with Gasteiger partial charge in [-0.05, 0) is 37.4 Å². The van der Waals surface area contributed by atoms with Gasteiger partial charge in [0, 0.05) is 13.0 Å². The van der Waals surface area contributed by atoms with Crippen LogP contribution in [0.25, 0.3) is 0 Å². The maximum absolute atomic E-state index is 6.05. The van der Waals surface area contributed by atoms with Gasteiger partial charge in [-0.25, -0.2) is 0 Å². The lowest BCUT2D eigenvalue weighted by Gasteiger charge is -2.30. The van der Waals surface area contributed by atoms with Crippen LogP contribution in [-0.2, 0) is 11.2 Å². The summed E-state index contributed by atoms with van der Waals surface area (Å²) in [6.45, 7) is 7.19. The Hall–Kier alpha value is -1.06. The summed E-state index contributed by atoms with van der Waals surface area (Å²) in [5.74, 6) is 1.68. The first kappa shape index (κ1) is 12.9. The summed E-state index contributed by atoms with van der Waals surface area (Å²) in [5, 5.41) is 3.40. The molecule has 3 rings (SSSR count). The number of piperidine rings is 1. The van der Waals surface area contributed by atoms with Gasteiger partial charge in [-0.1, -0.05) is 24.6 Å². The zero-order chi connectivity index (χ0) is 13.2. The van der Waals surface area contributed by atoms with Crippen molar-refractivity contribution in [1.82, 2.24) is 5.32 Å². The number of hydrogen-bond donors (Lipinski definition) is 1. The molecule has 104 valence electrons. The van der Waals surface area contributed by atoms with Crippen LogP contribution >= 0.6 is 0 Å². The van der Waals surface area contributed by atoms with E-state index in [9.17, 15) is 0 Å². The Kier molecular flexibility index (Phi) is 3.76. The number of benzene rings is 1. The second-order valence-corrected chi connectivity index (χ2v) is 5.90. The third kappa shape index (κ3) is 2.93. The highest BCUT2D eigenvalue weighted by atomic mass is 16.5. The first-order chi connectivity index (χ1) is 9.22. The molecule has 1 N–H and O–H groups in total. The molecule has 2 heterocycles. The molecule has 0 spiro atoms. The van der Waals surface area contributed by atoms with Crippen LogP contribution in [-0.4, -0.2) is 31.9 Å². The van der Waals surface area contributed by atoms with E-state index in [1.165, 1.54) is 17.5 Å². The monoisotopic (exact) mass is 261 g/mol. The Morgan fingerprint density at radius 2 is 2.32 bits per heavy atom. The first-order valence-electron chi connectivity index (χ1n) is 7.31. The van der Waals surface area contributed by atoms with E-state index in [-0.39, 0.29) is 6.10 Å². The number of hydrogen-bond acceptors (Lipinski definition) is 3. The van der Waals surface area contributed by atoms with Crippen molar-refractivity contribution in [3.05, 3.63) is 29.3 Å². The number of ether oxygens (including phenoxy) is 2. The Morgan fingerprint density at radius 1 is 1.42 bits per heavy atom. The molecule has 0 saturated carbocycles.